The lowest BCUT2D eigenvalue weighted by atomic mass is 10.1. The summed E-state index contributed by atoms with van der Waals surface area (Å²) in [6.07, 6.45) is 1.66. The smallest absolute Gasteiger partial charge is 0.264 e. The number of para-hydroxylation sites is 1. The minimum absolute atomic E-state index is 0.170. The van der Waals surface area contributed by atoms with Crippen LogP contribution in [0, 0.1) is 0 Å². The summed E-state index contributed by atoms with van der Waals surface area (Å²) >= 11 is 6.39. The van der Waals surface area contributed by atoms with Crippen molar-refractivity contribution in [3.63, 3.8) is 0 Å². The van der Waals surface area contributed by atoms with Gasteiger partial charge in [-0.05, 0) is 36.6 Å². The van der Waals surface area contributed by atoms with Crippen molar-refractivity contribution >= 4 is 39.7 Å². The Balaban J connectivity index is 1.71. The number of nitrogens with zero attached hydrogens (tertiary/aromatic N) is 4. The van der Waals surface area contributed by atoms with Gasteiger partial charge in [-0.25, -0.2) is 4.98 Å². The van der Waals surface area contributed by atoms with Crippen molar-refractivity contribution in [3.05, 3.63) is 94.0 Å². The van der Waals surface area contributed by atoms with Gasteiger partial charge in [-0.15, -0.1) is 0 Å². The number of fused-ring (bicyclic) bond motifs is 2. The molecule has 7 nitrogen and oxygen atoms in total. The Morgan fingerprint density at radius 1 is 1.06 bits per heavy atom. The highest BCUT2D eigenvalue weighted by Crippen LogP contribution is 2.27. The van der Waals surface area contributed by atoms with E-state index in [1.807, 2.05) is 55.5 Å². The topological polar surface area (TPSA) is 90.2 Å². The van der Waals surface area contributed by atoms with Crippen molar-refractivity contribution in [1.82, 2.24) is 19.2 Å². The Bertz CT molecular complexity index is 1470. The van der Waals surface area contributed by atoms with E-state index < -0.39 is 0 Å². The lowest BCUT2D eigenvalue weighted by molar-refractivity contribution is 0.764. The molecule has 154 valence electrons. The number of pyridine rings is 1. The molecule has 3 aromatic heterocycles. The summed E-state index contributed by atoms with van der Waals surface area (Å²) in [6, 6.07) is 20.2. The molecule has 0 amide bonds. The first-order valence-electron chi connectivity index (χ1n) is 9.79. The standard InChI is InChI=1S/C23H19ClN6O/c1-14(27-21-13-19(25)28-20-10-11-26-30(20)21)18-12-15-6-5-9-17(24)22(15)23(31)29(18)16-7-3-2-4-8-16/h2-14,27H,1H3,(H2,25,28)/t14-/m0/s1. The van der Waals surface area contributed by atoms with Crippen LogP contribution < -0.4 is 16.6 Å². The highest BCUT2D eigenvalue weighted by molar-refractivity contribution is 6.35. The summed E-state index contributed by atoms with van der Waals surface area (Å²) < 4.78 is 3.37. The fourth-order valence-corrected chi connectivity index (χ4v) is 4.10. The fraction of sp³-hybridized carbons (Fsp3) is 0.0870. The van der Waals surface area contributed by atoms with Gasteiger partial charge in [0.05, 0.1) is 22.6 Å². The zero-order valence-electron chi connectivity index (χ0n) is 16.7. The Morgan fingerprint density at radius 3 is 2.68 bits per heavy atom. The minimum Gasteiger partial charge on any atom is -0.384 e. The predicted octanol–water partition coefficient (Wildman–Crippen LogP) is 4.44. The van der Waals surface area contributed by atoms with Crippen LogP contribution in [0.1, 0.15) is 18.7 Å². The van der Waals surface area contributed by atoms with Gasteiger partial charge in [0.1, 0.15) is 11.6 Å². The quantitative estimate of drug-likeness (QED) is 0.440. The summed E-state index contributed by atoms with van der Waals surface area (Å²) in [7, 11) is 0. The molecule has 0 aliphatic heterocycles. The highest BCUT2D eigenvalue weighted by Gasteiger charge is 2.19. The molecule has 0 bridgehead atoms. The lowest BCUT2D eigenvalue weighted by Crippen LogP contribution is -2.26. The van der Waals surface area contributed by atoms with E-state index in [-0.39, 0.29) is 11.6 Å². The molecule has 3 N–H and O–H groups in total. The van der Waals surface area contributed by atoms with Gasteiger partial charge in [-0.1, -0.05) is 41.9 Å². The lowest BCUT2D eigenvalue weighted by Gasteiger charge is -2.22. The second-order valence-electron chi connectivity index (χ2n) is 7.28. The third-order valence-electron chi connectivity index (χ3n) is 5.23. The van der Waals surface area contributed by atoms with Gasteiger partial charge in [0.15, 0.2) is 5.65 Å². The van der Waals surface area contributed by atoms with E-state index in [0.717, 1.165) is 16.8 Å². The summed E-state index contributed by atoms with van der Waals surface area (Å²) in [5.41, 5.74) is 7.98. The maximum atomic E-state index is 13.6. The van der Waals surface area contributed by atoms with Crippen LogP contribution in [-0.2, 0) is 0 Å². The molecule has 0 saturated carbocycles. The van der Waals surface area contributed by atoms with Gasteiger partial charge in [0.25, 0.3) is 5.56 Å². The number of hydrogen-bond acceptors (Lipinski definition) is 5. The van der Waals surface area contributed by atoms with Crippen LogP contribution in [0.3, 0.4) is 0 Å². The molecule has 1 atom stereocenters. The number of nitrogen functional groups attached to an aromatic ring is 1. The normalized spacial score (nSPS) is 12.3. The van der Waals surface area contributed by atoms with Crippen molar-refractivity contribution in [2.24, 2.45) is 0 Å². The second kappa shape index (κ2) is 7.45. The number of benzene rings is 2. The average molecular weight is 431 g/mol. The van der Waals surface area contributed by atoms with E-state index in [9.17, 15) is 4.79 Å². The first-order chi connectivity index (χ1) is 15.0. The van der Waals surface area contributed by atoms with Crippen LogP contribution in [0.4, 0.5) is 11.6 Å². The first kappa shape index (κ1) is 19.1. The average Bonchev–Trinajstić information content (AvgIpc) is 3.22. The number of aromatic nitrogens is 4. The zero-order valence-corrected chi connectivity index (χ0v) is 17.4. The molecule has 8 heteroatoms. The number of nitrogens with one attached hydrogen (secondary N) is 1. The van der Waals surface area contributed by atoms with E-state index in [1.54, 1.807) is 33.5 Å². The monoisotopic (exact) mass is 430 g/mol. The van der Waals surface area contributed by atoms with Crippen LogP contribution in [0.15, 0.2) is 77.7 Å². The van der Waals surface area contributed by atoms with E-state index >= 15 is 0 Å². The van der Waals surface area contributed by atoms with Gasteiger partial charge >= 0.3 is 0 Å². The molecule has 3 heterocycles. The molecule has 0 unspecified atom stereocenters. The second-order valence-corrected chi connectivity index (χ2v) is 7.69. The van der Waals surface area contributed by atoms with Crippen LogP contribution in [-0.4, -0.2) is 19.2 Å². The van der Waals surface area contributed by atoms with Gasteiger partial charge < -0.3 is 11.1 Å². The number of nitrogens with two attached hydrogens (primary N) is 1. The molecule has 0 fully saturated rings. The van der Waals surface area contributed by atoms with Gasteiger partial charge in [-0.2, -0.15) is 9.61 Å². The van der Waals surface area contributed by atoms with E-state index in [2.05, 4.69) is 15.4 Å². The highest BCUT2D eigenvalue weighted by atomic mass is 35.5. The molecular formula is C23H19ClN6O. The molecular weight excluding hydrogens is 412 g/mol. The third kappa shape index (κ3) is 3.29. The molecule has 2 aromatic carbocycles. The number of rotatable bonds is 4. The Labute approximate surface area is 182 Å². The van der Waals surface area contributed by atoms with E-state index in [1.165, 1.54) is 0 Å². The van der Waals surface area contributed by atoms with Crippen molar-refractivity contribution in [1.29, 1.82) is 0 Å². The molecule has 0 saturated heterocycles. The Hall–Kier alpha value is -3.84. The first-order valence-corrected chi connectivity index (χ1v) is 10.2. The Kier molecular flexibility index (Phi) is 4.60. The summed E-state index contributed by atoms with van der Waals surface area (Å²) in [5, 5.41) is 9.46. The summed E-state index contributed by atoms with van der Waals surface area (Å²) in [5.74, 6) is 1.06. The van der Waals surface area contributed by atoms with E-state index in [4.69, 9.17) is 17.3 Å². The molecule has 5 aromatic rings. The van der Waals surface area contributed by atoms with Crippen molar-refractivity contribution in [3.8, 4) is 5.69 Å². The summed E-state index contributed by atoms with van der Waals surface area (Å²) in [6.45, 7) is 1.98. The minimum atomic E-state index is -0.259. The van der Waals surface area contributed by atoms with E-state index in [0.29, 0.717) is 27.7 Å². The summed E-state index contributed by atoms with van der Waals surface area (Å²) in [4.78, 5) is 17.8. The molecule has 0 aliphatic carbocycles. The van der Waals surface area contributed by atoms with Gasteiger partial charge in [0.2, 0.25) is 0 Å². The van der Waals surface area contributed by atoms with Crippen LogP contribution in [0.5, 0.6) is 0 Å². The van der Waals surface area contributed by atoms with Gasteiger partial charge in [-0.3, -0.25) is 9.36 Å². The number of anilines is 2. The SMILES string of the molecule is C[C@H](Nc1cc(N)nc2ccnn12)c1cc2cccc(Cl)c2c(=O)n1-c1ccccc1. The Morgan fingerprint density at radius 2 is 1.87 bits per heavy atom. The maximum absolute atomic E-state index is 13.6. The fourth-order valence-electron chi connectivity index (χ4n) is 3.83. The van der Waals surface area contributed by atoms with Crippen molar-refractivity contribution in [2.75, 3.05) is 11.1 Å². The molecule has 0 radical (unpaired) electrons. The maximum Gasteiger partial charge on any atom is 0.264 e. The molecule has 31 heavy (non-hydrogen) atoms. The molecule has 0 aliphatic rings. The third-order valence-corrected chi connectivity index (χ3v) is 5.54. The number of halogens is 1. The predicted molar refractivity (Wildman–Crippen MR) is 124 cm³/mol. The largest absolute Gasteiger partial charge is 0.384 e. The number of hydrogen-bond donors (Lipinski definition) is 2. The van der Waals surface area contributed by atoms with Crippen LogP contribution in [0.2, 0.25) is 5.02 Å². The van der Waals surface area contributed by atoms with Crippen LogP contribution >= 0.6 is 11.6 Å². The van der Waals surface area contributed by atoms with Gasteiger partial charge in [0, 0.05) is 23.5 Å². The van der Waals surface area contributed by atoms with Crippen molar-refractivity contribution < 1.29 is 0 Å². The molecule has 5 rings (SSSR count). The zero-order chi connectivity index (χ0) is 21.5. The van der Waals surface area contributed by atoms with Crippen molar-refractivity contribution in [2.45, 2.75) is 13.0 Å². The molecule has 0 spiro atoms. The van der Waals surface area contributed by atoms with Crippen LogP contribution in [0.25, 0.3) is 22.1 Å².